The smallest absolute Gasteiger partial charge is 0.214 e. The maximum absolute atomic E-state index is 13.0. The zero-order chi connectivity index (χ0) is 17.4. The molecule has 0 amide bonds. The normalized spacial score (nSPS) is 12.6. The van der Waals surface area contributed by atoms with Gasteiger partial charge in [0.2, 0.25) is 10.1 Å². The van der Waals surface area contributed by atoms with Crippen molar-refractivity contribution in [2.45, 2.75) is 26.3 Å². The fraction of sp³-hybridized carbons (Fsp3) is 0.235. The van der Waals surface area contributed by atoms with Gasteiger partial charge in [0.15, 0.2) is 0 Å². The largest absolute Gasteiger partial charge is 0.351 e. The Morgan fingerprint density at radius 2 is 2.04 bits per heavy atom. The van der Waals surface area contributed by atoms with Crippen LogP contribution in [-0.2, 0) is 6.42 Å². The Kier molecular flexibility index (Phi) is 4.22. The van der Waals surface area contributed by atoms with Crippen LogP contribution in [0.1, 0.15) is 29.8 Å². The summed E-state index contributed by atoms with van der Waals surface area (Å²) < 4.78 is 14.8. The molecule has 0 radical (unpaired) electrons. The van der Waals surface area contributed by atoms with Crippen LogP contribution in [0.2, 0.25) is 0 Å². The van der Waals surface area contributed by atoms with E-state index in [1.165, 1.54) is 28.3 Å². The van der Waals surface area contributed by atoms with E-state index in [-0.39, 0.29) is 11.9 Å². The van der Waals surface area contributed by atoms with Crippen LogP contribution in [0.25, 0.3) is 16.2 Å². The Labute approximate surface area is 152 Å². The predicted octanol–water partition coefficient (Wildman–Crippen LogP) is 4.79. The lowest BCUT2D eigenvalue weighted by atomic mass is 10.2. The van der Waals surface area contributed by atoms with Crippen molar-refractivity contribution in [3.8, 4) is 11.3 Å². The molecule has 4 aromatic rings. The van der Waals surface area contributed by atoms with E-state index in [4.69, 9.17) is 0 Å². The molecule has 0 aliphatic heterocycles. The predicted molar refractivity (Wildman–Crippen MR) is 99.8 cm³/mol. The molecule has 0 spiro atoms. The first-order chi connectivity index (χ1) is 12.1. The van der Waals surface area contributed by atoms with Crippen molar-refractivity contribution in [3.05, 3.63) is 52.4 Å². The van der Waals surface area contributed by atoms with E-state index >= 15 is 0 Å². The number of imidazole rings is 1. The van der Waals surface area contributed by atoms with Crippen LogP contribution in [0.5, 0.6) is 0 Å². The minimum atomic E-state index is -0.253. The number of nitrogens with one attached hydrogen (secondary N) is 1. The summed E-state index contributed by atoms with van der Waals surface area (Å²) in [5.74, 6) is -0.253. The van der Waals surface area contributed by atoms with Gasteiger partial charge in [-0.25, -0.2) is 18.9 Å². The molecule has 0 aliphatic rings. The summed E-state index contributed by atoms with van der Waals surface area (Å²) in [4.78, 5) is 11.1. The molecule has 0 bridgehead atoms. The van der Waals surface area contributed by atoms with E-state index < -0.39 is 0 Å². The fourth-order valence-electron chi connectivity index (χ4n) is 2.45. The van der Waals surface area contributed by atoms with Crippen molar-refractivity contribution < 1.29 is 4.39 Å². The Morgan fingerprint density at radius 1 is 1.24 bits per heavy atom. The van der Waals surface area contributed by atoms with Gasteiger partial charge in [0, 0.05) is 16.6 Å². The van der Waals surface area contributed by atoms with E-state index in [9.17, 15) is 4.39 Å². The summed E-state index contributed by atoms with van der Waals surface area (Å²) in [5.41, 5.74) is 1.66. The fourth-order valence-corrected chi connectivity index (χ4v) is 4.18. The quantitative estimate of drug-likeness (QED) is 0.546. The molecule has 8 heteroatoms. The highest BCUT2D eigenvalue weighted by atomic mass is 32.1. The summed E-state index contributed by atoms with van der Waals surface area (Å²) in [7, 11) is 0. The Bertz CT molecular complexity index is 970. The van der Waals surface area contributed by atoms with Crippen LogP contribution in [0.3, 0.4) is 0 Å². The average molecular weight is 373 g/mol. The number of aromatic nitrogens is 4. The molecule has 4 rings (SSSR count). The number of hydrogen-bond acceptors (Lipinski definition) is 6. The first kappa shape index (κ1) is 16.2. The number of halogens is 1. The number of thiazole rings is 1. The number of benzene rings is 1. The van der Waals surface area contributed by atoms with Crippen molar-refractivity contribution in [3.63, 3.8) is 0 Å². The third-order valence-electron chi connectivity index (χ3n) is 3.81. The van der Waals surface area contributed by atoms with Crippen molar-refractivity contribution in [1.82, 2.24) is 19.6 Å². The Balaban J connectivity index is 1.53. The Hall–Kier alpha value is -2.32. The lowest BCUT2D eigenvalue weighted by molar-refractivity contribution is 0.628. The minimum absolute atomic E-state index is 0.0951. The van der Waals surface area contributed by atoms with Gasteiger partial charge in [-0.1, -0.05) is 18.3 Å². The Morgan fingerprint density at radius 3 is 2.72 bits per heavy atom. The third kappa shape index (κ3) is 3.27. The van der Waals surface area contributed by atoms with Crippen LogP contribution in [0.15, 0.2) is 36.7 Å². The van der Waals surface area contributed by atoms with Gasteiger partial charge in [0.25, 0.3) is 0 Å². The van der Waals surface area contributed by atoms with Gasteiger partial charge in [0.05, 0.1) is 17.9 Å². The second kappa shape index (κ2) is 6.53. The van der Waals surface area contributed by atoms with Gasteiger partial charge in [0.1, 0.15) is 10.8 Å². The van der Waals surface area contributed by atoms with E-state index in [1.807, 2.05) is 12.4 Å². The number of aryl methyl sites for hydroxylation is 1. The molecule has 3 heterocycles. The molecular weight excluding hydrogens is 357 g/mol. The highest BCUT2D eigenvalue weighted by Gasteiger charge is 2.14. The molecule has 1 aromatic carbocycles. The first-order valence-corrected chi connectivity index (χ1v) is 9.59. The lowest BCUT2D eigenvalue weighted by Crippen LogP contribution is -2.06. The molecule has 1 N–H and O–H groups in total. The zero-order valence-electron chi connectivity index (χ0n) is 13.7. The molecule has 3 aromatic heterocycles. The second-order valence-corrected chi connectivity index (χ2v) is 7.75. The van der Waals surface area contributed by atoms with Crippen LogP contribution in [-0.4, -0.2) is 19.6 Å². The summed E-state index contributed by atoms with van der Waals surface area (Å²) in [6, 6.07) is 6.40. The highest BCUT2D eigenvalue weighted by molar-refractivity contribution is 7.20. The van der Waals surface area contributed by atoms with Crippen LogP contribution < -0.4 is 5.32 Å². The summed E-state index contributed by atoms with van der Waals surface area (Å²) >= 11 is 3.20. The molecular formula is C17H16FN5S2. The van der Waals surface area contributed by atoms with Crippen molar-refractivity contribution >= 4 is 32.8 Å². The summed E-state index contributed by atoms with van der Waals surface area (Å²) in [6.45, 7) is 4.20. The average Bonchev–Trinajstić information content (AvgIpc) is 3.29. The van der Waals surface area contributed by atoms with Gasteiger partial charge in [-0.2, -0.15) is 0 Å². The second-order valence-electron chi connectivity index (χ2n) is 5.65. The van der Waals surface area contributed by atoms with E-state index in [1.54, 1.807) is 28.0 Å². The molecule has 0 saturated heterocycles. The van der Waals surface area contributed by atoms with Gasteiger partial charge in [-0.3, -0.25) is 0 Å². The maximum Gasteiger partial charge on any atom is 0.214 e. The van der Waals surface area contributed by atoms with Crippen molar-refractivity contribution in [2.24, 2.45) is 0 Å². The molecule has 1 unspecified atom stereocenters. The number of hydrogen-bond donors (Lipinski definition) is 1. The maximum atomic E-state index is 13.0. The standard InChI is InChI=1S/C17H16FN5S2/c1-3-13-8-19-15(24-13)10(2)20-16-22-23-9-14(21-17(23)25-16)11-4-6-12(18)7-5-11/h4-10H,3H2,1-2H3,(H,20,22). The van der Waals surface area contributed by atoms with E-state index in [0.29, 0.717) is 0 Å². The lowest BCUT2D eigenvalue weighted by Gasteiger charge is -2.08. The van der Waals surface area contributed by atoms with Gasteiger partial charge in [-0.05, 0) is 37.6 Å². The van der Waals surface area contributed by atoms with Crippen LogP contribution in [0.4, 0.5) is 9.52 Å². The summed E-state index contributed by atoms with van der Waals surface area (Å²) in [6.07, 6.45) is 4.79. The van der Waals surface area contributed by atoms with Crippen molar-refractivity contribution in [1.29, 1.82) is 0 Å². The van der Waals surface area contributed by atoms with Crippen molar-refractivity contribution in [2.75, 3.05) is 5.32 Å². The third-order valence-corrected chi connectivity index (χ3v) is 5.99. The molecule has 0 fully saturated rings. The van der Waals surface area contributed by atoms with Gasteiger partial charge >= 0.3 is 0 Å². The zero-order valence-corrected chi connectivity index (χ0v) is 15.4. The SMILES string of the molecule is CCc1cnc(C(C)Nc2nn3cc(-c4ccc(F)cc4)nc3s2)s1. The monoisotopic (exact) mass is 373 g/mol. The summed E-state index contributed by atoms with van der Waals surface area (Å²) in [5, 5.41) is 9.77. The molecule has 25 heavy (non-hydrogen) atoms. The topological polar surface area (TPSA) is 55.1 Å². The van der Waals surface area contributed by atoms with Crippen LogP contribution >= 0.6 is 22.7 Å². The number of anilines is 1. The van der Waals surface area contributed by atoms with Gasteiger partial charge in [-0.15, -0.1) is 16.4 Å². The molecule has 1 atom stereocenters. The van der Waals surface area contributed by atoms with Crippen LogP contribution in [0, 0.1) is 5.82 Å². The van der Waals surface area contributed by atoms with E-state index in [0.717, 1.165) is 32.8 Å². The number of rotatable bonds is 5. The molecule has 0 saturated carbocycles. The molecule has 128 valence electrons. The highest BCUT2D eigenvalue weighted by Crippen LogP contribution is 2.28. The number of nitrogens with zero attached hydrogens (tertiary/aromatic N) is 4. The van der Waals surface area contributed by atoms with Gasteiger partial charge < -0.3 is 5.32 Å². The number of fused-ring (bicyclic) bond motifs is 1. The molecule has 5 nitrogen and oxygen atoms in total. The first-order valence-electron chi connectivity index (χ1n) is 7.95. The molecule has 0 aliphatic carbocycles. The minimum Gasteiger partial charge on any atom is -0.351 e. The van der Waals surface area contributed by atoms with E-state index in [2.05, 4.69) is 34.2 Å².